The third-order valence-electron chi connectivity index (χ3n) is 3.52. The van der Waals surface area contributed by atoms with Gasteiger partial charge in [0.05, 0.1) is 18.3 Å². The van der Waals surface area contributed by atoms with Crippen LogP contribution in [0.5, 0.6) is 0 Å². The maximum Gasteiger partial charge on any atom is 0.201 e. The molecule has 8 heteroatoms. The standard InChI is InChI=1S/C13H19N7O/c21-13(2-1-3-15-8-13)9-16-7-11-18-12(20-19-11)10-6-14-4-5-17-10/h4-6,15-16,21H,1-3,7-9H2,(H,18,19,20)/t13-/m1/s1. The van der Waals surface area contributed by atoms with Crippen LogP contribution in [0.2, 0.25) is 0 Å². The number of nitrogens with zero attached hydrogens (tertiary/aromatic N) is 4. The molecule has 0 aliphatic carbocycles. The second-order valence-electron chi connectivity index (χ2n) is 5.30. The van der Waals surface area contributed by atoms with Crippen molar-refractivity contribution in [3.8, 4) is 11.5 Å². The summed E-state index contributed by atoms with van der Waals surface area (Å²) in [6, 6.07) is 0. The summed E-state index contributed by atoms with van der Waals surface area (Å²) in [6.45, 7) is 2.66. The quantitative estimate of drug-likeness (QED) is 0.585. The summed E-state index contributed by atoms with van der Waals surface area (Å²) in [6.07, 6.45) is 6.65. The summed E-state index contributed by atoms with van der Waals surface area (Å²) in [5, 5.41) is 23.8. The maximum atomic E-state index is 10.3. The fourth-order valence-electron chi connectivity index (χ4n) is 2.42. The lowest BCUT2D eigenvalue weighted by Crippen LogP contribution is -2.51. The highest BCUT2D eigenvalue weighted by atomic mass is 16.3. The van der Waals surface area contributed by atoms with Crippen LogP contribution in [0.15, 0.2) is 18.6 Å². The highest BCUT2D eigenvalue weighted by Gasteiger charge is 2.28. The molecule has 0 bridgehead atoms. The molecule has 3 heterocycles. The smallest absolute Gasteiger partial charge is 0.201 e. The van der Waals surface area contributed by atoms with Gasteiger partial charge in [-0.25, -0.2) is 9.97 Å². The van der Waals surface area contributed by atoms with Crippen molar-refractivity contribution in [3.05, 3.63) is 24.4 Å². The van der Waals surface area contributed by atoms with Gasteiger partial charge in [-0.05, 0) is 19.4 Å². The molecular weight excluding hydrogens is 270 g/mol. The number of hydrogen-bond donors (Lipinski definition) is 4. The van der Waals surface area contributed by atoms with Crippen molar-refractivity contribution < 1.29 is 5.11 Å². The summed E-state index contributed by atoms with van der Waals surface area (Å²) in [5.41, 5.74) is -0.0402. The number of hydrogen-bond acceptors (Lipinski definition) is 7. The van der Waals surface area contributed by atoms with Gasteiger partial charge in [-0.1, -0.05) is 0 Å². The zero-order valence-corrected chi connectivity index (χ0v) is 11.7. The highest BCUT2D eigenvalue weighted by molar-refractivity contribution is 5.45. The first-order valence-corrected chi connectivity index (χ1v) is 7.07. The monoisotopic (exact) mass is 289 g/mol. The van der Waals surface area contributed by atoms with E-state index in [2.05, 4.69) is 35.8 Å². The zero-order valence-electron chi connectivity index (χ0n) is 11.7. The first-order chi connectivity index (χ1) is 10.3. The largest absolute Gasteiger partial charge is 0.387 e. The fourth-order valence-corrected chi connectivity index (χ4v) is 2.42. The molecule has 0 aromatic carbocycles. The molecule has 0 saturated carbocycles. The molecule has 112 valence electrons. The van der Waals surface area contributed by atoms with Crippen molar-refractivity contribution in [2.45, 2.75) is 25.0 Å². The maximum absolute atomic E-state index is 10.3. The van der Waals surface area contributed by atoms with E-state index >= 15 is 0 Å². The van der Waals surface area contributed by atoms with Crippen molar-refractivity contribution in [2.75, 3.05) is 19.6 Å². The topological polar surface area (TPSA) is 112 Å². The average Bonchev–Trinajstić information content (AvgIpc) is 2.98. The van der Waals surface area contributed by atoms with Crippen LogP contribution in [-0.4, -0.2) is 55.5 Å². The molecular formula is C13H19N7O. The Bertz CT molecular complexity index is 565. The lowest BCUT2D eigenvalue weighted by molar-refractivity contribution is 0.0168. The molecule has 8 nitrogen and oxygen atoms in total. The molecule has 2 aromatic heterocycles. The number of nitrogens with one attached hydrogen (secondary N) is 3. The molecule has 4 N–H and O–H groups in total. The van der Waals surface area contributed by atoms with Gasteiger partial charge in [0.15, 0.2) is 0 Å². The van der Waals surface area contributed by atoms with E-state index in [1.165, 1.54) is 0 Å². The Morgan fingerprint density at radius 2 is 2.33 bits per heavy atom. The van der Waals surface area contributed by atoms with Crippen molar-refractivity contribution in [1.82, 2.24) is 35.8 Å². The van der Waals surface area contributed by atoms with Crippen molar-refractivity contribution in [2.24, 2.45) is 0 Å². The van der Waals surface area contributed by atoms with Crippen molar-refractivity contribution >= 4 is 0 Å². The van der Waals surface area contributed by atoms with E-state index in [9.17, 15) is 5.11 Å². The number of piperidine rings is 1. The minimum Gasteiger partial charge on any atom is -0.387 e. The second-order valence-corrected chi connectivity index (χ2v) is 5.30. The van der Waals surface area contributed by atoms with E-state index in [-0.39, 0.29) is 0 Å². The van der Waals surface area contributed by atoms with Crippen molar-refractivity contribution in [3.63, 3.8) is 0 Å². The normalized spacial score (nSPS) is 22.3. The average molecular weight is 289 g/mol. The van der Waals surface area contributed by atoms with Gasteiger partial charge < -0.3 is 15.7 Å². The minimum atomic E-state index is -0.675. The summed E-state index contributed by atoms with van der Waals surface area (Å²) in [4.78, 5) is 12.5. The minimum absolute atomic E-state index is 0.523. The molecule has 1 aliphatic heterocycles. The van der Waals surface area contributed by atoms with Gasteiger partial charge in [0, 0.05) is 25.5 Å². The Hall–Kier alpha value is -1.90. The third-order valence-corrected chi connectivity index (χ3v) is 3.52. The van der Waals surface area contributed by atoms with Gasteiger partial charge in [-0.3, -0.25) is 10.1 Å². The van der Waals surface area contributed by atoms with E-state index in [0.29, 0.717) is 37.0 Å². The van der Waals surface area contributed by atoms with Crippen LogP contribution < -0.4 is 10.6 Å². The molecule has 21 heavy (non-hydrogen) atoms. The Morgan fingerprint density at radius 1 is 1.38 bits per heavy atom. The second kappa shape index (κ2) is 6.25. The summed E-state index contributed by atoms with van der Waals surface area (Å²) >= 11 is 0. The molecule has 0 spiro atoms. The summed E-state index contributed by atoms with van der Waals surface area (Å²) in [7, 11) is 0. The first kappa shape index (κ1) is 14.1. The van der Waals surface area contributed by atoms with Gasteiger partial charge in [-0.15, -0.1) is 0 Å². The summed E-state index contributed by atoms with van der Waals surface area (Å²) < 4.78 is 0. The van der Waals surface area contributed by atoms with Gasteiger partial charge in [0.1, 0.15) is 11.5 Å². The number of H-pyrrole nitrogens is 1. The number of aromatic nitrogens is 5. The van der Waals surface area contributed by atoms with Gasteiger partial charge in [-0.2, -0.15) is 5.10 Å². The van der Waals surface area contributed by atoms with Gasteiger partial charge in [0.25, 0.3) is 0 Å². The molecule has 0 amide bonds. The highest BCUT2D eigenvalue weighted by Crippen LogP contribution is 2.14. The molecule has 1 fully saturated rings. The van der Waals surface area contributed by atoms with Gasteiger partial charge in [0.2, 0.25) is 5.82 Å². The molecule has 0 unspecified atom stereocenters. The lowest BCUT2D eigenvalue weighted by Gasteiger charge is -2.32. The van der Waals surface area contributed by atoms with Crippen LogP contribution in [0.4, 0.5) is 0 Å². The Kier molecular flexibility index (Phi) is 4.18. The fraction of sp³-hybridized carbons (Fsp3) is 0.538. The van der Waals surface area contributed by atoms with E-state index < -0.39 is 5.60 Å². The van der Waals surface area contributed by atoms with Crippen LogP contribution in [0, 0.1) is 0 Å². The van der Waals surface area contributed by atoms with Crippen LogP contribution in [0.3, 0.4) is 0 Å². The SMILES string of the molecule is O[C@]1(CNCc2nc(-c3cnccn3)n[nH]2)CCCNC1. The third kappa shape index (κ3) is 3.60. The predicted octanol–water partition coefficient (Wildman–Crippen LogP) is -0.534. The Morgan fingerprint density at radius 3 is 3.10 bits per heavy atom. The summed E-state index contributed by atoms with van der Waals surface area (Å²) in [5.74, 6) is 1.24. The molecule has 1 atom stereocenters. The molecule has 2 aromatic rings. The molecule has 3 rings (SSSR count). The van der Waals surface area contributed by atoms with E-state index in [1.54, 1.807) is 18.6 Å². The number of β-amino-alcohol motifs (C(OH)–C–C–N with tert-alkyl or cyclic N) is 1. The van der Waals surface area contributed by atoms with Crippen LogP contribution in [-0.2, 0) is 6.54 Å². The van der Waals surface area contributed by atoms with Crippen LogP contribution >= 0.6 is 0 Å². The van der Waals surface area contributed by atoms with E-state index in [4.69, 9.17) is 0 Å². The van der Waals surface area contributed by atoms with Crippen LogP contribution in [0.25, 0.3) is 11.5 Å². The molecule has 1 saturated heterocycles. The lowest BCUT2D eigenvalue weighted by atomic mass is 9.94. The Labute approximate surface area is 122 Å². The van der Waals surface area contributed by atoms with Crippen LogP contribution in [0.1, 0.15) is 18.7 Å². The van der Waals surface area contributed by atoms with Gasteiger partial charge >= 0.3 is 0 Å². The predicted molar refractivity (Wildman–Crippen MR) is 76.2 cm³/mol. The first-order valence-electron chi connectivity index (χ1n) is 7.07. The number of rotatable bonds is 5. The van der Waals surface area contributed by atoms with E-state index in [1.807, 2.05) is 0 Å². The molecule has 0 radical (unpaired) electrons. The van der Waals surface area contributed by atoms with Crippen molar-refractivity contribution in [1.29, 1.82) is 0 Å². The Balaban J connectivity index is 1.53. The molecule has 1 aliphatic rings. The number of aliphatic hydroxyl groups is 1. The zero-order chi connectivity index (χ0) is 14.5. The van der Waals surface area contributed by atoms with E-state index in [0.717, 1.165) is 19.4 Å². The number of aromatic amines is 1.